The van der Waals surface area contributed by atoms with Gasteiger partial charge >= 0.3 is 0 Å². The van der Waals surface area contributed by atoms with Crippen molar-refractivity contribution in [3.05, 3.63) is 64.2 Å². The average molecular weight is 348 g/mol. The highest BCUT2D eigenvalue weighted by Gasteiger charge is 2.07. The lowest BCUT2D eigenvalue weighted by molar-refractivity contribution is 0.303. The fraction of sp³-hybridized carbons (Fsp3) is 0.143. The predicted molar refractivity (Wildman–Crippen MR) is 74.8 cm³/mol. The van der Waals surface area contributed by atoms with E-state index < -0.39 is 5.82 Å². The predicted octanol–water partition coefficient (Wildman–Crippen LogP) is 5.09. The number of alkyl halides is 1. The second-order valence-corrected chi connectivity index (χ2v) is 4.88. The van der Waals surface area contributed by atoms with Gasteiger partial charge in [-0.2, -0.15) is 0 Å². The first-order chi connectivity index (χ1) is 9.10. The van der Waals surface area contributed by atoms with E-state index in [9.17, 15) is 8.78 Å². The van der Waals surface area contributed by atoms with Gasteiger partial charge in [-0.05, 0) is 30.3 Å². The Morgan fingerprint density at radius 2 is 1.68 bits per heavy atom. The van der Waals surface area contributed by atoms with E-state index in [1.165, 1.54) is 24.3 Å². The second kappa shape index (κ2) is 6.35. The zero-order valence-electron chi connectivity index (χ0n) is 9.80. The average Bonchev–Trinajstić information content (AvgIpc) is 2.39. The first-order valence-electron chi connectivity index (χ1n) is 5.51. The van der Waals surface area contributed by atoms with Crippen LogP contribution in [0.4, 0.5) is 8.78 Å². The largest absolute Gasteiger partial charge is 0.489 e. The molecule has 2 rings (SSSR count). The summed E-state index contributed by atoms with van der Waals surface area (Å²) in [4.78, 5) is 0. The highest BCUT2D eigenvalue weighted by molar-refractivity contribution is 9.08. The molecule has 0 aliphatic heterocycles. The molecule has 5 heteroatoms. The van der Waals surface area contributed by atoms with Crippen LogP contribution in [0.2, 0.25) is 5.02 Å². The quantitative estimate of drug-likeness (QED) is 0.700. The van der Waals surface area contributed by atoms with Crippen LogP contribution >= 0.6 is 27.5 Å². The number of hydrogen-bond donors (Lipinski definition) is 0. The van der Waals surface area contributed by atoms with Crippen LogP contribution in [0.15, 0.2) is 36.4 Å². The lowest BCUT2D eigenvalue weighted by atomic mass is 10.2. The molecule has 0 amide bonds. The van der Waals surface area contributed by atoms with Gasteiger partial charge in [0, 0.05) is 16.5 Å². The monoisotopic (exact) mass is 346 g/mol. The van der Waals surface area contributed by atoms with E-state index in [0.717, 1.165) is 0 Å². The van der Waals surface area contributed by atoms with Crippen molar-refractivity contribution in [2.24, 2.45) is 0 Å². The maximum Gasteiger partial charge on any atom is 0.124 e. The molecule has 0 unspecified atom stereocenters. The molecule has 0 aliphatic carbocycles. The molecule has 0 saturated carbocycles. The second-order valence-electron chi connectivity index (χ2n) is 3.91. The number of halogens is 4. The topological polar surface area (TPSA) is 9.23 Å². The van der Waals surface area contributed by atoms with E-state index in [4.69, 9.17) is 16.3 Å². The third-order valence-corrected chi connectivity index (χ3v) is 3.52. The van der Waals surface area contributed by atoms with Gasteiger partial charge in [-0.15, -0.1) is 0 Å². The Morgan fingerprint density at radius 1 is 1.00 bits per heavy atom. The molecule has 0 atom stereocenters. The van der Waals surface area contributed by atoms with Gasteiger partial charge in [0.1, 0.15) is 24.0 Å². The molecular formula is C14H10BrClF2O. The van der Waals surface area contributed by atoms with Gasteiger partial charge in [0.15, 0.2) is 0 Å². The lowest BCUT2D eigenvalue weighted by Crippen LogP contribution is -1.99. The maximum absolute atomic E-state index is 13.1. The number of ether oxygens (including phenoxy) is 1. The summed E-state index contributed by atoms with van der Waals surface area (Å²) < 4.78 is 31.6. The molecule has 100 valence electrons. The summed E-state index contributed by atoms with van der Waals surface area (Å²) in [6.07, 6.45) is 0. The summed E-state index contributed by atoms with van der Waals surface area (Å²) in [5, 5.41) is 0.791. The molecular weight excluding hydrogens is 338 g/mol. The standard InChI is InChI=1S/C14H10BrClF2O/c15-7-10-5-11(17)3-4-14(10)19-8-9-1-2-12(18)6-13(9)16/h1-6H,7-8H2. The van der Waals surface area contributed by atoms with Crippen LogP contribution in [-0.2, 0) is 11.9 Å². The van der Waals surface area contributed by atoms with Crippen molar-refractivity contribution in [3.8, 4) is 5.75 Å². The number of benzene rings is 2. The fourth-order valence-electron chi connectivity index (χ4n) is 1.59. The van der Waals surface area contributed by atoms with Gasteiger partial charge in [0.2, 0.25) is 0 Å². The van der Waals surface area contributed by atoms with E-state index in [1.807, 2.05) is 0 Å². The Labute approximate surface area is 123 Å². The molecule has 0 N–H and O–H groups in total. The Hall–Kier alpha value is -1.13. The molecule has 19 heavy (non-hydrogen) atoms. The molecule has 0 bridgehead atoms. The minimum Gasteiger partial charge on any atom is -0.489 e. The highest BCUT2D eigenvalue weighted by Crippen LogP contribution is 2.25. The third kappa shape index (κ3) is 3.67. The SMILES string of the molecule is Fc1ccc(COc2ccc(F)cc2CBr)c(Cl)c1. The Balaban J connectivity index is 2.14. The summed E-state index contributed by atoms with van der Waals surface area (Å²) in [6, 6.07) is 8.40. The van der Waals surface area contributed by atoms with Crippen molar-refractivity contribution in [2.75, 3.05) is 0 Å². The number of hydrogen-bond acceptors (Lipinski definition) is 1. The normalized spacial score (nSPS) is 10.5. The van der Waals surface area contributed by atoms with Gasteiger partial charge in [0.25, 0.3) is 0 Å². The summed E-state index contributed by atoms with van der Waals surface area (Å²) in [7, 11) is 0. The van der Waals surface area contributed by atoms with Crippen molar-refractivity contribution >= 4 is 27.5 Å². The zero-order chi connectivity index (χ0) is 13.8. The van der Waals surface area contributed by atoms with Crippen molar-refractivity contribution in [3.63, 3.8) is 0 Å². The number of rotatable bonds is 4. The lowest BCUT2D eigenvalue weighted by Gasteiger charge is -2.11. The third-order valence-electron chi connectivity index (χ3n) is 2.56. The van der Waals surface area contributed by atoms with Crippen molar-refractivity contribution in [1.82, 2.24) is 0 Å². The molecule has 0 saturated heterocycles. The van der Waals surface area contributed by atoms with Crippen LogP contribution in [0.3, 0.4) is 0 Å². The fourth-order valence-corrected chi connectivity index (χ4v) is 2.25. The van der Waals surface area contributed by atoms with E-state index >= 15 is 0 Å². The smallest absolute Gasteiger partial charge is 0.124 e. The Kier molecular flexibility index (Phi) is 4.77. The molecule has 2 aromatic carbocycles. The van der Waals surface area contributed by atoms with Crippen LogP contribution in [0, 0.1) is 11.6 Å². The van der Waals surface area contributed by atoms with E-state index in [-0.39, 0.29) is 12.4 Å². The van der Waals surface area contributed by atoms with Crippen molar-refractivity contribution < 1.29 is 13.5 Å². The highest BCUT2D eigenvalue weighted by atomic mass is 79.9. The van der Waals surface area contributed by atoms with Crippen LogP contribution in [-0.4, -0.2) is 0 Å². The minimum absolute atomic E-state index is 0.199. The van der Waals surface area contributed by atoms with E-state index in [2.05, 4.69) is 15.9 Å². The first-order valence-corrected chi connectivity index (χ1v) is 7.01. The maximum atomic E-state index is 13.1. The molecule has 0 heterocycles. The van der Waals surface area contributed by atoms with Gasteiger partial charge in [0.05, 0.1) is 5.02 Å². The van der Waals surface area contributed by atoms with Crippen LogP contribution < -0.4 is 4.74 Å². The summed E-state index contributed by atoms with van der Waals surface area (Å²) in [6.45, 7) is 0.199. The van der Waals surface area contributed by atoms with Gasteiger partial charge < -0.3 is 4.74 Å². The summed E-state index contributed by atoms with van der Waals surface area (Å²) in [5.74, 6) is -0.142. The molecule has 2 aromatic rings. The van der Waals surface area contributed by atoms with Crippen molar-refractivity contribution in [2.45, 2.75) is 11.9 Å². The Morgan fingerprint density at radius 3 is 2.37 bits per heavy atom. The van der Waals surface area contributed by atoms with E-state index in [0.29, 0.717) is 27.2 Å². The van der Waals surface area contributed by atoms with Gasteiger partial charge in [-0.3, -0.25) is 0 Å². The summed E-state index contributed by atoms with van der Waals surface area (Å²) >= 11 is 9.18. The van der Waals surface area contributed by atoms with Crippen LogP contribution in [0.5, 0.6) is 5.75 Å². The van der Waals surface area contributed by atoms with Crippen LogP contribution in [0.1, 0.15) is 11.1 Å². The van der Waals surface area contributed by atoms with E-state index in [1.54, 1.807) is 12.1 Å². The zero-order valence-corrected chi connectivity index (χ0v) is 12.1. The van der Waals surface area contributed by atoms with Crippen LogP contribution in [0.25, 0.3) is 0 Å². The Bertz CT molecular complexity index is 590. The molecule has 0 spiro atoms. The molecule has 0 aromatic heterocycles. The van der Waals surface area contributed by atoms with Crippen molar-refractivity contribution in [1.29, 1.82) is 0 Å². The summed E-state index contributed by atoms with van der Waals surface area (Å²) in [5.41, 5.74) is 1.38. The minimum atomic E-state index is -0.392. The first kappa shape index (κ1) is 14.3. The molecule has 0 fully saturated rings. The molecule has 1 nitrogen and oxygen atoms in total. The van der Waals surface area contributed by atoms with Gasteiger partial charge in [-0.25, -0.2) is 8.78 Å². The molecule has 0 radical (unpaired) electrons. The van der Waals surface area contributed by atoms with Gasteiger partial charge in [-0.1, -0.05) is 33.6 Å². The molecule has 0 aliphatic rings.